The molecule has 6 nitrogen and oxygen atoms in total. The van der Waals surface area contributed by atoms with E-state index in [-0.39, 0.29) is 30.1 Å². The number of para-hydroxylation sites is 1. The quantitative estimate of drug-likeness (QED) is 0.512. The number of ether oxygens (including phenoxy) is 1. The Hall–Kier alpha value is -3.78. The molecule has 0 bridgehead atoms. The van der Waals surface area contributed by atoms with E-state index in [1.54, 1.807) is 31.4 Å². The molecule has 0 radical (unpaired) electrons. The summed E-state index contributed by atoms with van der Waals surface area (Å²) in [5.41, 5.74) is 3.08. The topological polar surface area (TPSA) is 48.4 Å². The van der Waals surface area contributed by atoms with E-state index in [0.29, 0.717) is 44.0 Å². The van der Waals surface area contributed by atoms with E-state index in [1.807, 2.05) is 35.2 Å². The number of piperazine rings is 1. The first kappa shape index (κ1) is 23.9. The Morgan fingerprint density at radius 1 is 0.972 bits per heavy atom. The molecule has 3 aromatic rings. The minimum atomic E-state index is -0.323. The molecule has 0 N–H and O–H groups in total. The SMILES string of the molecule is COc1cccc(C2=NN(C(=O)CN3CCN(c4ccccc4F)CC3)[C@H](c3ccc(F)cc3)C2)c1. The molecule has 1 fully saturated rings. The number of rotatable bonds is 6. The third kappa shape index (κ3) is 5.09. The Bertz CT molecular complexity index is 1260. The second-order valence-corrected chi connectivity index (χ2v) is 9.00. The van der Waals surface area contributed by atoms with Crippen molar-refractivity contribution in [1.82, 2.24) is 9.91 Å². The Kier molecular flexibility index (Phi) is 6.95. The summed E-state index contributed by atoms with van der Waals surface area (Å²) in [5.74, 6) is 0.0320. The van der Waals surface area contributed by atoms with Crippen LogP contribution >= 0.6 is 0 Å². The van der Waals surface area contributed by atoms with Crippen molar-refractivity contribution < 1.29 is 18.3 Å². The van der Waals surface area contributed by atoms with Crippen LogP contribution in [0, 0.1) is 11.6 Å². The first-order valence-corrected chi connectivity index (χ1v) is 12.0. The lowest BCUT2D eigenvalue weighted by Crippen LogP contribution is -2.49. The van der Waals surface area contributed by atoms with Crippen LogP contribution in [-0.4, -0.2) is 61.4 Å². The second-order valence-electron chi connectivity index (χ2n) is 9.00. The molecular weight excluding hydrogens is 462 g/mol. The molecule has 1 saturated heterocycles. The molecule has 0 unspecified atom stereocenters. The van der Waals surface area contributed by atoms with Gasteiger partial charge in [-0.1, -0.05) is 36.4 Å². The van der Waals surface area contributed by atoms with Crippen molar-refractivity contribution >= 4 is 17.3 Å². The van der Waals surface area contributed by atoms with Crippen molar-refractivity contribution in [2.75, 3.05) is 44.7 Å². The van der Waals surface area contributed by atoms with E-state index >= 15 is 0 Å². The van der Waals surface area contributed by atoms with Crippen LogP contribution in [0.15, 0.2) is 77.9 Å². The number of carbonyl (C=O) groups excluding carboxylic acids is 1. The van der Waals surface area contributed by atoms with Gasteiger partial charge >= 0.3 is 0 Å². The maximum Gasteiger partial charge on any atom is 0.257 e. The molecule has 5 rings (SSSR count). The van der Waals surface area contributed by atoms with Crippen molar-refractivity contribution in [1.29, 1.82) is 0 Å². The fraction of sp³-hybridized carbons (Fsp3) is 0.286. The lowest BCUT2D eigenvalue weighted by atomic mass is 9.98. The lowest BCUT2D eigenvalue weighted by Gasteiger charge is -2.36. The van der Waals surface area contributed by atoms with Gasteiger partial charge in [-0.2, -0.15) is 5.10 Å². The molecule has 2 aliphatic rings. The highest BCUT2D eigenvalue weighted by atomic mass is 19.1. The number of anilines is 1. The van der Waals surface area contributed by atoms with Gasteiger partial charge in [0.05, 0.1) is 31.1 Å². The molecule has 2 aliphatic heterocycles. The molecule has 186 valence electrons. The highest BCUT2D eigenvalue weighted by Gasteiger charge is 2.34. The molecule has 0 saturated carbocycles. The number of nitrogens with zero attached hydrogens (tertiary/aromatic N) is 4. The van der Waals surface area contributed by atoms with E-state index in [1.165, 1.54) is 23.2 Å². The highest BCUT2D eigenvalue weighted by Crippen LogP contribution is 2.34. The number of carbonyl (C=O) groups is 1. The van der Waals surface area contributed by atoms with Crippen molar-refractivity contribution in [2.24, 2.45) is 5.10 Å². The zero-order valence-corrected chi connectivity index (χ0v) is 20.1. The van der Waals surface area contributed by atoms with Gasteiger partial charge in [-0.3, -0.25) is 9.69 Å². The van der Waals surface area contributed by atoms with Gasteiger partial charge in [-0.25, -0.2) is 13.8 Å². The summed E-state index contributed by atoms with van der Waals surface area (Å²) in [7, 11) is 1.61. The molecule has 8 heteroatoms. The maximum absolute atomic E-state index is 14.2. The van der Waals surface area contributed by atoms with Gasteiger partial charge in [0.2, 0.25) is 0 Å². The van der Waals surface area contributed by atoms with Crippen LogP contribution < -0.4 is 9.64 Å². The number of amides is 1. The first-order chi connectivity index (χ1) is 17.5. The van der Waals surface area contributed by atoms with Gasteiger partial charge in [-0.15, -0.1) is 0 Å². The number of hydrogen-bond acceptors (Lipinski definition) is 5. The summed E-state index contributed by atoms with van der Waals surface area (Å²) in [6.45, 7) is 2.75. The van der Waals surface area contributed by atoms with E-state index in [0.717, 1.165) is 16.8 Å². The Morgan fingerprint density at radius 2 is 1.72 bits per heavy atom. The third-order valence-electron chi connectivity index (χ3n) is 6.75. The molecule has 3 aromatic carbocycles. The smallest absolute Gasteiger partial charge is 0.257 e. The fourth-order valence-corrected chi connectivity index (χ4v) is 4.78. The minimum Gasteiger partial charge on any atom is -0.497 e. The van der Waals surface area contributed by atoms with Crippen molar-refractivity contribution in [3.8, 4) is 5.75 Å². The average Bonchev–Trinajstić information content (AvgIpc) is 3.36. The molecule has 1 amide bonds. The standard InChI is InChI=1S/C28H28F2N4O2/c1-36-23-6-4-5-21(17-23)25-18-27(20-9-11-22(29)12-10-20)34(31-25)28(35)19-32-13-15-33(16-14-32)26-8-3-2-7-24(26)30/h2-12,17,27H,13-16,18-19H2,1H3/t27-/m0/s1. The van der Waals surface area contributed by atoms with E-state index in [4.69, 9.17) is 9.84 Å². The van der Waals surface area contributed by atoms with Gasteiger partial charge in [-0.05, 0) is 42.0 Å². The monoisotopic (exact) mass is 490 g/mol. The summed E-state index contributed by atoms with van der Waals surface area (Å²) in [6.07, 6.45) is 0.519. The van der Waals surface area contributed by atoms with E-state index in [2.05, 4.69) is 4.90 Å². The highest BCUT2D eigenvalue weighted by molar-refractivity contribution is 6.03. The Morgan fingerprint density at radius 3 is 2.44 bits per heavy atom. The van der Waals surface area contributed by atoms with Crippen LogP contribution in [0.4, 0.5) is 14.5 Å². The molecule has 1 atom stereocenters. The van der Waals surface area contributed by atoms with Gasteiger partial charge < -0.3 is 9.64 Å². The third-order valence-corrected chi connectivity index (χ3v) is 6.75. The molecule has 2 heterocycles. The normalized spacial score (nSPS) is 18.3. The van der Waals surface area contributed by atoms with Crippen molar-refractivity contribution in [3.63, 3.8) is 0 Å². The average molecular weight is 491 g/mol. The first-order valence-electron chi connectivity index (χ1n) is 12.0. The number of halogens is 2. The van der Waals surface area contributed by atoms with Crippen LogP contribution in [0.1, 0.15) is 23.6 Å². The molecule has 0 aromatic heterocycles. The summed E-state index contributed by atoms with van der Waals surface area (Å²) < 4.78 is 33.1. The molecule has 36 heavy (non-hydrogen) atoms. The van der Waals surface area contributed by atoms with Gasteiger partial charge in [0.15, 0.2) is 0 Å². The van der Waals surface area contributed by atoms with Crippen molar-refractivity contribution in [2.45, 2.75) is 12.5 Å². The van der Waals surface area contributed by atoms with Crippen molar-refractivity contribution in [3.05, 3.63) is 95.6 Å². The summed E-state index contributed by atoms with van der Waals surface area (Å²) in [6, 6.07) is 20.3. The lowest BCUT2D eigenvalue weighted by molar-refractivity contribution is -0.134. The maximum atomic E-state index is 14.2. The number of benzene rings is 3. The zero-order valence-electron chi connectivity index (χ0n) is 20.1. The predicted octanol–water partition coefficient (Wildman–Crippen LogP) is 4.47. The van der Waals surface area contributed by atoms with Crippen LogP contribution in [0.3, 0.4) is 0 Å². The van der Waals surface area contributed by atoms with Crippen LogP contribution in [0.5, 0.6) is 5.75 Å². The number of hydrogen-bond donors (Lipinski definition) is 0. The number of hydrazone groups is 1. The predicted molar refractivity (Wildman–Crippen MR) is 135 cm³/mol. The summed E-state index contributed by atoms with van der Waals surface area (Å²) in [4.78, 5) is 17.6. The molecular formula is C28H28F2N4O2. The number of methoxy groups -OCH3 is 1. The van der Waals surface area contributed by atoms with E-state index in [9.17, 15) is 13.6 Å². The van der Waals surface area contributed by atoms with E-state index < -0.39 is 0 Å². The summed E-state index contributed by atoms with van der Waals surface area (Å²) >= 11 is 0. The zero-order chi connectivity index (χ0) is 25.1. The Labute approximate surface area is 209 Å². The molecule has 0 spiro atoms. The second kappa shape index (κ2) is 10.5. The minimum absolute atomic E-state index is 0.124. The Balaban J connectivity index is 1.32. The van der Waals surface area contributed by atoms with Gasteiger partial charge in [0.1, 0.15) is 17.4 Å². The van der Waals surface area contributed by atoms with Crippen LogP contribution in [0.25, 0.3) is 0 Å². The largest absolute Gasteiger partial charge is 0.497 e. The van der Waals surface area contributed by atoms with Gasteiger partial charge in [0, 0.05) is 38.2 Å². The van der Waals surface area contributed by atoms with Gasteiger partial charge in [0.25, 0.3) is 5.91 Å². The van der Waals surface area contributed by atoms with Crippen LogP contribution in [-0.2, 0) is 4.79 Å². The van der Waals surface area contributed by atoms with Crippen LogP contribution in [0.2, 0.25) is 0 Å². The summed E-state index contributed by atoms with van der Waals surface area (Å²) in [5, 5.41) is 6.25. The fourth-order valence-electron chi connectivity index (χ4n) is 4.78. The molecule has 0 aliphatic carbocycles.